The van der Waals surface area contributed by atoms with E-state index in [0.717, 1.165) is 31.2 Å². The SMILES string of the molecule is CC(c1ccc(F)cc1)C1(CCCCS(=O)(=O)O)CCCC1. The summed E-state index contributed by atoms with van der Waals surface area (Å²) >= 11 is 0. The van der Waals surface area contributed by atoms with Crippen molar-refractivity contribution in [2.45, 2.75) is 57.8 Å². The van der Waals surface area contributed by atoms with Crippen LogP contribution >= 0.6 is 0 Å². The van der Waals surface area contributed by atoms with Crippen molar-refractivity contribution in [3.05, 3.63) is 35.6 Å². The average molecular weight is 328 g/mol. The summed E-state index contributed by atoms with van der Waals surface area (Å²) in [4.78, 5) is 0. The van der Waals surface area contributed by atoms with Gasteiger partial charge in [0.1, 0.15) is 5.82 Å². The molecule has 1 N–H and O–H groups in total. The summed E-state index contributed by atoms with van der Waals surface area (Å²) in [5.41, 5.74) is 1.33. The monoisotopic (exact) mass is 328 g/mol. The predicted octanol–water partition coefficient (Wildman–Crippen LogP) is 4.55. The molecule has 124 valence electrons. The number of benzene rings is 1. The fraction of sp³-hybridized carbons (Fsp3) is 0.647. The minimum absolute atomic E-state index is 0.159. The highest BCUT2D eigenvalue weighted by Gasteiger charge is 2.38. The molecule has 1 aromatic carbocycles. The van der Waals surface area contributed by atoms with Crippen molar-refractivity contribution in [3.63, 3.8) is 0 Å². The second kappa shape index (κ2) is 7.09. The van der Waals surface area contributed by atoms with Gasteiger partial charge in [0.25, 0.3) is 10.1 Å². The van der Waals surface area contributed by atoms with Gasteiger partial charge in [-0.25, -0.2) is 4.39 Å². The van der Waals surface area contributed by atoms with Gasteiger partial charge in [0, 0.05) is 0 Å². The van der Waals surface area contributed by atoms with Gasteiger partial charge in [-0.15, -0.1) is 0 Å². The third-order valence-corrected chi connectivity index (χ3v) is 6.02. The molecule has 0 radical (unpaired) electrons. The van der Waals surface area contributed by atoms with Crippen LogP contribution in [0.25, 0.3) is 0 Å². The van der Waals surface area contributed by atoms with Gasteiger partial charge in [0.2, 0.25) is 0 Å². The number of hydrogen-bond acceptors (Lipinski definition) is 2. The van der Waals surface area contributed by atoms with Crippen LogP contribution in [-0.4, -0.2) is 18.7 Å². The quantitative estimate of drug-likeness (QED) is 0.590. The van der Waals surface area contributed by atoms with Crippen molar-refractivity contribution in [1.82, 2.24) is 0 Å². The molecule has 0 bridgehead atoms. The molecule has 1 atom stereocenters. The highest BCUT2D eigenvalue weighted by atomic mass is 32.2. The lowest BCUT2D eigenvalue weighted by atomic mass is 9.68. The summed E-state index contributed by atoms with van der Waals surface area (Å²) in [5.74, 6) is -0.0421. The number of halogens is 1. The molecule has 0 heterocycles. The largest absolute Gasteiger partial charge is 0.286 e. The van der Waals surface area contributed by atoms with Gasteiger partial charge in [-0.1, -0.05) is 38.3 Å². The molecule has 22 heavy (non-hydrogen) atoms. The molecule has 1 fully saturated rings. The van der Waals surface area contributed by atoms with E-state index in [1.54, 1.807) is 0 Å². The van der Waals surface area contributed by atoms with Crippen molar-refractivity contribution in [2.24, 2.45) is 5.41 Å². The fourth-order valence-corrected chi connectivity index (χ4v) is 4.41. The summed E-state index contributed by atoms with van der Waals surface area (Å²) in [6.07, 6.45) is 6.92. The minimum Gasteiger partial charge on any atom is -0.286 e. The van der Waals surface area contributed by atoms with Gasteiger partial charge < -0.3 is 0 Å². The van der Waals surface area contributed by atoms with Crippen LogP contribution in [-0.2, 0) is 10.1 Å². The lowest BCUT2D eigenvalue weighted by Crippen LogP contribution is -2.24. The maximum absolute atomic E-state index is 13.1. The van der Waals surface area contributed by atoms with E-state index >= 15 is 0 Å². The van der Waals surface area contributed by atoms with E-state index in [4.69, 9.17) is 4.55 Å². The second-order valence-electron chi connectivity index (χ2n) is 6.59. The van der Waals surface area contributed by atoms with E-state index in [-0.39, 0.29) is 17.0 Å². The van der Waals surface area contributed by atoms with Gasteiger partial charge in [-0.05, 0) is 54.7 Å². The summed E-state index contributed by atoms with van der Waals surface area (Å²) < 4.78 is 43.6. The molecule has 1 aliphatic rings. The van der Waals surface area contributed by atoms with Crippen molar-refractivity contribution >= 4 is 10.1 Å². The predicted molar refractivity (Wildman–Crippen MR) is 86.0 cm³/mol. The standard InChI is InChI=1S/C17H25FO3S/c1-14(15-6-8-16(18)9-7-15)17(10-2-3-11-17)12-4-5-13-22(19,20)21/h6-9,14H,2-5,10-13H2,1H3,(H,19,20,21). The molecule has 0 aliphatic heterocycles. The molecular formula is C17H25FO3S. The normalized spacial score (nSPS) is 19.2. The number of rotatable bonds is 7. The van der Waals surface area contributed by atoms with Crippen LogP contribution in [0.2, 0.25) is 0 Å². The first-order valence-electron chi connectivity index (χ1n) is 8.03. The van der Waals surface area contributed by atoms with E-state index in [0.29, 0.717) is 12.3 Å². The maximum atomic E-state index is 13.1. The molecule has 2 rings (SSSR count). The van der Waals surface area contributed by atoms with Gasteiger partial charge in [-0.3, -0.25) is 4.55 Å². The molecule has 3 nitrogen and oxygen atoms in total. The van der Waals surface area contributed by atoms with Gasteiger partial charge >= 0.3 is 0 Å². The summed E-state index contributed by atoms with van der Waals surface area (Å²) in [7, 11) is -3.86. The van der Waals surface area contributed by atoms with Gasteiger partial charge in [-0.2, -0.15) is 8.42 Å². The van der Waals surface area contributed by atoms with E-state index < -0.39 is 10.1 Å². The van der Waals surface area contributed by atoms with E-state index in [1.807, 2.05) is 12.1 Å². The Morgan fingerprint density at radius 1 is 1.18 bits per heavy atom. The summed E-state index contributed by atoms with van der Waals surface area (Å²) in [6.45, 7) is 2.20. The Morgan fingerprint density at radius 3 is 2.32 bits per heavy atom. The van der Waals surface area contributed by atoms with E-state index in [1.165, 1.54) is 25.0 Å². The molecule has 0 aromatic heterocycles. The minimum atomic E-state index is -3.86. The van der Waals surface area contributed by atoms with Crippen molar-refractivity contribution in [3.8, 4) is 0 Å². The first-order valence-corrected chi connectivity index (χ1v) is 9.64. The highest BCUT2D eigenvalue weighted by Crippen LogP contribution is 2.52. The first-order chi connectivity index (χ1) is 10.3. The highest BCUT2D eigenvalue weighted by molar-refractivity contribution is 7.85. The lowest BCUT2D eigenvalue weighted by Gasteiger charge is -2.36. The van der Waals surface area contributed by atoms with Crippen LogP contribution in [0.15, 0.2) is 24.3 Å². The molecule has 1 saturated carbocycles. The Kier molecular flexibility index (Phi) is 5.61. The zero-order valence-electron chi connectivity index (χ0n) is 13.1. The third kappa shape index (κ3) is 4.53. The summed E-state index contributed by atoms with van der Waals surface area (Å²) in [5, 5.41) is 0. The van der Waals surface area contributed by atoms with Crippen LogP contribution in [0.5, 0.6) is 0 Å². The van der Waals surface area contributed by atoms with Crippen LogP contribution in [0.1, 0.15) is 63.4 Å². The molecular weight excluding hydrogens is 303 g/mol. The Labute approximate surface area is 132 Å². The molecule has 1 aromatic rings. The van der Waals surface area contributed by atoms with E-state index in [9.17, 15) is 12.8 Å². The Morgan fingerprint density at radius 2 is 1.77 bits per heavy atom. The number of unbranched alkanes of at least 4 members (excludes halogenated alkanes) is 1. The zero-order valence-corrected chi connectivity index (χ0v) is 13.9. The van der Waals surface area contributed by atoms with E-state index in [2.05, 4.69) is 6.92 Å². The zero-order chi connectivity index (χ0) is 16.2. The molecule has 0 amide bonds. The van der Waals surface area contributed by atoms with Crippen LogP contribution < -0.4 is 0 Å². The molecule has 5 heteroatoms. The lowest BCUT2D eigenvalue weighted by molar-refractivity contribution is 0.213. The van der Waals surface area contributed by atoms with Gasteiger partial charge in [0.15, 0.2) is 0 Å². The first kappa shape index (κ1) is 17.4. The molecule has 0 spiro atoms. The third-order valence-electron chi connectivity index (χ3n) is 5.21. The number of hydrogen-bond donors (Lipinski definition) is 1. The van der Waals surface area contributed by atoms with Crippen LogP contribution in [0.3, 0.4) is 0 Å². The maximum Gasteiger partial charge on any atom is 0.264 e. The summed E-state index contributed by atoms with van der Waals surface area (Å²) in [6, 6.07) is 6.73. The second-order valence-corrected chi connectivity index (χ2v) is 8.16. The van der Waals surface area contributed by atoms with Gasteiger partial charge in [0.05, 0.1) is 5.75 Å². The Bertz CT molecular complexity index is 574. The molecule has 1 unspecified atom stereocenters. The van der Waals surface area contributed by atoms with Crippen LogP contribution in [0, 0.1) is 11.2 Å². The van der Waals surface area contributed by atoms with Crippen molar-refractivity contribution < 1.29 is 17.4 Å². The fourth-order valence-electron chi connectivity index (χ4n) is 3.85. The molecule has 1 aliphatic carbocycles. The smallest absolute Gasteiger partial charge is 0.264 e. The average Bonchev–Trinajstić information content (AvgIpc) is 2.93. The Balaban J connectivity index is 2.02. The van der Waals surface area contributed by atoms with Crippen molar-refractivity contribution in [1.29, 1.82) is 0 Å². The topological polar surface area (TPSA) is 54.4 Å². The van der Waals surface area contributed by atoms with Crippen molar-refractivity contribution in [2.75, 3.05) is 5.75 Å². The molecule has 0 saturated heterocycles. The Hall–Kier alpha value is -0.940. The van der Waals surface area contributed by atoms with Crippen LogP contribution in [0.4, 0.5) is 4.39 Å².